The number of hydrogen-bond acceptors (Lipinski definition) is 4. The number of thioether (sulfide) groups is 1. The maximum absolute atomic E-state index is 11.3. The van der Waals surface area contributed by atoms with Crippen LogP contribution < -0.4 is 0 Å². The van der Waals surface area contributed by atoms with E-state index in [1.807, 2.05) is 24.5 Å². The van der Waals surface area contributed by atoms with Crippen LogP contribution in [0, 0.1) is 0 Å². The van der Waals surface area contributed by atoms with Gasteiger partial charge >= 0.3 is 5.97 Å². The fraction of sp³-hybridized carbons (Fsp3) is 0.214. The topological polar surface area (TPSA) is 39.4 Å². The van der Waals surface area contributed by atoms with Crippen LogP contribution in [0.2, 0.25) is 0 Å². The molecule has 2 rings (SSSR count). The summed E-state index contributed by atoms with van der Waals surface area (Å²) in [7, 11) is 1.34. The number of carbonyl (C=O) groups is 1. The molecule has 0 aliphatic rings. The number of esters is 1. The van der Waals surface area contributed by atoms with Crippen LogP contribution in [0.4, 0.5) is 0 Å². The van der Waals surface area contributed by atoms with Crippen molar-refractivity contribution in [1.29, 1.82) is 0 Å². The summed E-state index contributed by atoms with van der Waals surface area (Å²) in [5.74, 6) is 0.561. The van der Waals surface area contributed by atoms with Gasteiger partial charge in [0.15, 0.2) is 0 Å². The SMILES string of the molecule is COC(=O)c1ccc(Cc2ccccc2SC)o1. The van der Waals surface area contributed by atoms with Gasteiger partial charge in [-0.25, -0.2) is 4.79 Å². The van der Waals surface area contributed by atoms with Gasteiger partial charge < -0.3 is 9.15 Å². The van der Waals surface area contributed by atoms with Crippen molar-refractivity contribution in [3.05, 3.63) is 53.5 Å². The quantitative estimate of drug-likeness (QED) is 0.625. The van der Waals surface area contributed by atoms with Crippen LogP contribution in [-0.2, 0) is 11.2 Å². The summed E-state index contributed by atoms with van der Waals surface area (Å²) in [6.45, 7) is 0. The van der Waals surface area contributed by atoms with Crippen molar-refractivity contribution in [3.8, 4) is 0 Å². The van der Waals surface area contributed by atoms with E-state index in [0.717, 1.165) is 5.76 Å². The lowest BCUT2D eigenvalue weighted by Gasteiger charge is -2.04. The first-order chi connectivity index (χ1) is 8.74. The Kier molecular flexibility index (Phi) is 4.10. The third-order valence-electron chi connectivity index (χ3n) is 2.61. The van der Waals surface area contributed by atoms with E-state index < -0.39 is 5.97 Å². The van der Waals surface area contributed by atoms with Gasteiger partial charge in [-0.1, -0.05) is 18.2 Å². The molecule has 0 aliphatic carbocycles. The van der Waals surface area contributed by atoms with E-state index in [0.29, 0.717) is 6.42 Å². The summed E-state index contributed by atoms with van der Waals surface area (Å²) in [6.07, 6.45) is 2.72. The maximum atomic E-state index is 11.3. The summed E-state index contributed by atoms with van der Waals surface area (Å²) in [4.78, 5) is 12.5. The van der Waals surface area contributed by atoms with Gasteiger partial charge in [-0.05, 0) is 30.0 Å². The Labute approximate surface area is 110 Å². The van der Waals surface area contributed by atoms with Crippen LogP contribution in [0.1, 0.15) is 21.9 Å². The average Bonchev–Trinajstić information content (AvgIpc) is 2.87. The van der Waals surface area contributed by atoms with Crippen LogP contribution in [0.25, 0.3) is 0 Å². The minimum atomic E-state index is -0.445. The summed E-state index contributed by atoms with van der Waals surface area (Å²) in [5.41, 5.74) is 1.19. The molecule has 0 saturated heterocycles. The Morgan fingerprint density at radius 2 is 2.06 bits per heavy atom. The lowest BCUT2D eigenvalue weighted by molar-refractivity contribution is 0.0563. The predicted octanol–water partition coefficient (Wildman–Crippen LogP) is 3.38. The van der Waals surface area contributed by atoms with Gasteiger partial charge in [-0.15, -0.1) is 11.8 Å². The molecule has 1 heterocycles. The van der Waals surface area contributed by atoms with Gasteiger partial charge in [0.2, 0.25) is 5.76 Å². The molecule has 0 atom stereocenters. The number of furan rings is 1. The number of methoxy groups -OCH3 is 1. The molecule has 0 amide bonds. The van der Waals surface area contributed by atoms with E-state index in [-0.39, 0.29) is 5.76 Å². The summed E-state index contributed by atoms with van der Waals surface area (Å²) in [6, 6.07) is 11.6. The van der Waals surface area contributed by atoms with Crippen LogP contribution >= 0.6 is 11.8 Å². The van der Waals surface area contributed by atoms with E-state index in [9.17, 15) is 4.79 Å². The van der Waals surface area contributed by atoms with Gasteiger partial charge in [0.05, 0.1) is 7.11 Å². The molecule has 0 unspecified atom stereocenters. The van der Waals surface area contributed by atoms with E-state index in [1.54, 1.807) is 17.8 Å². The van der Waals surface area contributed by atoms with Crippen molar-refractivity contribution in [2.75, 3.05) is 13.4 Å². The zero-order valence-corrected chi connectivity index (χ0v) is 11.1. The normalized spacial score (nSPS) is 10.3. The van der Waals surface area contributed by atoms with Crippen molar-refractivity contribution in [1.82, 2.24) is 0 Å². The molecule has 0 aliphatic heterocycles. The Balaban J connectivity index is 2.19. The zero-order chi connectivity index (χ0) is 13.0. The van der Waals surface area contributed by atoms with Crippen molar-refractivity contribution in [2.45, 2.75) is 11.3 Å². The third kappa shape index (κ3) is 2.76. The number of hydrogen-bond donors (Lipinski definition) is 0. The van der Waals surface area contributed by atoms with Crippen molar-refractivity contribution in [3.63, 3.8) is 0 Å². The molecule has 4 heteroatoms. The second-order valence-corrected chi connectivity index (χ2v) is 4.59. The standard InChI is InChI=1S/C14H14O3S/c1-16-14(15)12-8-7-11(17-12)9-10-5-3-4-6-13(10)18-2/h3-8H,9H2,1-2H3. The molecule has 2 aromatic rings. The van der Waals surface area contributed by atoms with Crippen LogP contribution in [-0.4, -0.2) is 19.3 Å². The molecule has 0 fully saturated rings. The molecule has 3 nitrogen and oxygen atoms in total. The summed E-state index contributed by atoms with van der Waals surface area (Å²) in [5, 5.41) is 0. The fourth-order valence-corrected chi connectivity index (χ4v) is 2.34. The molecule has 0 N–H and O–H groups in total. The highest BCUT2D eigenvalue weighted by Gasteiger charge is 2.12. The molecule has 94 valence electrons. The van der Waals surface area contributed by atoms with E-state index >= 15 is 0 Å². The predicted molar refractivity (Wildman–Crippen MR) is 71.1 cm³/mol. The van der Waals surface area contributed by atoms with Crippen LogP contribution in [0.15, 0.2) is 45.7 Å². The van der Waals surface area contributed by atoms with Gasteiger partial charge in [0.1, 0.15) is 5.76 Å². The van der Waals surface area contributed by atoms with Crippen LogP contribution in [0.5, 0.6) is 0 Å². The van der Waals surface area contributed by atoms with Crippen molar-refractivity contribution < 1.29 is 13.9 Å². The first kappa shape index (κ1) is 12.8. The minimum absolute atomic E-state index is 0.245. The Morgan fingerprint density at radius 3 is 2.78 bits per heavy atom. The van der Waals surface area contributed by atoms with Gasteiger partial charge in [-0.2, -0.15) is 0 Å². The number of rotatable bonds is 4. The second kappa shape index (κ2) is 5.78. The van der Waals surface area contributed by atoms with Gasteiger partial charge in [0, 0.05) is 11.3 Å². The van der Waals surface area contributed by atoms with E-state index in [4.69, 9.17) is 4.42 Å². The Hall–Kier alpha value is -1.68. The Morgan fingerprint density at radius 1 is 1.28 bits per heavy atom. The van der Waals surface area contributed by atoms with E-state index in [1.165, 1.54) is 17.6 Å². The molecule has 0 spiro atoms. The zero-order valence-electron chi connectivity index (χ0n) is 10.3. The lowest BCUT2D eigenvalue weighted by Crippen LogP contribution is -1.98. The highest BCUT2D eigenvalue weighted by atomic mass is 32.2. The number of ether oxygens (including phenoxy) is 1. The number of carbonyl (C=O) groups excluding carboxylic acids is 1. The first-order valence-corrected chi connectivity index (χ1v) is 6.76. The number of benzene rings is 1. The highest BCUT2D eigenvalue weighted by Crippen LogP contribution is 2.23. The molecular formula is C14H14O3S. The summed E-state index contributed by atoms with van der Waals surface area (Å²) >= 11 is 1.70. The van der Waals surface area contributed by atoms with Crippen molar-refractivity contribution in [2.24, 2.45) is 0 Å². The molecule has 0 radical (unpaired) electrons. The lowest BCUT2D eigenvalue weighted by atomic mass is 10.1. The summed E-state index contributed by atoms with van der Waals surface area (Å²) < 4.78 is 10.1. The minimum Gasteiger partial charge on any atom is -0.463 e. The van der Waals surface area contributed by atoms with Gasteiger partial charge in [0.25, 0.3) is 0 Å². The first-order valence-electron chi connectivity index (χ1n) is 5.53. The van der Waals surface area contributed by atoms with Gasteiger partial charge in [-0.3, -0.25) is 0 Å². The molecule has 0 saturated carbocycles. The van der Waals surface area contributed by atoms with Crippen LogP contribution in [0.3, 0.4) is 0 Å². The maximum Gasteiger partial charge on any atom is 0.373 e. The fourth-order valence-electron chi connectivity index (χ4n) is 1.72. The smallest absolute Gasteiger partial charge is 0.373 e. The largest absolute Gasteiger partial charge is 0.463 e. The Bertz CT molecular complexity index is 545. The van der Waals surface area contributed by atoms with E-state index in [2.05, 4.69) is 16.9 Å². The second-order valence-electron chi connectivity index (χ2n) is 3.75. The molecular weight excluding hydrogens is 248 g/mol. The molecule has 18 heavy (non-hydrogen) atoms. The monoisotopic (exact) mass is 262 g/mol. The van der Waals surface area contributed by atoms with Crippen molar-refractivity contribution >= 4 is 17.7 Å². The third-order valence-corrected chi connectivity index (χ3v) is 3.44. The molecule has 1 aromatic heterocycles. The highest BCUT2D eigenvalue weighted by molar-refractivity contribution is 7.98. The molecule has 0 bridgehead atoms. The average molecular weight is 262 g/mol. The molecule has 1 aromatic carbocycles.